The van der Waals surface area contributed by atoms with Crippen molar-refractivity contribution in [1.82, 2.24) is 4.90 Å². The van der Waals surface area contributed by atoms with Gasteiger partial charge >= 0.3 is 6.09 Å². The van der Waals surface area contributed by atoms with Crippen LogP contribution in [0.15, 0.2) is 0 Å². The highest BCUT2D eigenvalue weighted by molar-refractivity contribution is 5.68. The average Bonchev–Trinajstić information content (AvgIpc) is 2.15. The van der Waals surface area contributed by atoms with Crippen molar-refractivity contribution in [2.75, 3.05) is 13.1 Å². The number of hydrogen-bond donors (Lipinski definition) is 0. The topological polar surface area (TPSA) is 53.3 Å². The Morgan fingerprint density at radius 2 is 2.19 bits per heavy atom. The standard InChI is InChI=1S/C11H17FN2O2/c1-11(2,3)16-10(15)14-5-4-8(6-13)9(12)7-14/h8-9H,4-5,7H2,1-3H3. The molecule has 1 aliphatic rings. The number of carbonyl (C=O) groups is 1. The molecule has 0 spiro atoms. The number of ether oxygens (including phenoxy) is 1. The van der Waals surface area contributed by atoms with Gasteiger partial charge in [0, 0.05) is 6.54 Å². The Hall–Kier alpha value is -1.31. The van der Waals surface area contributed by atoms with Gasteiger partial charge in [-0.25, -0.2) is 9.18 Å². The van der Waals surface area contributed by atoms with Gasteiger partial charge in [-0.2, -0.15) is 5.26 Å². The van der Waals surface area contributed by atoms with Gasteiger partial charge in [0.15, 0.2) is 0 Å². The molecule has 0 aromatic rings. The largest absolute Gasteiger partial charge is 0.444 e. The molecule has 0 aromatic carbocycles. The molecule has 90 valence electrons. The van der Waals surface area contributed by atoms with Crippen molar-refractivity contribution in [2.24, 2.45) is 5.92 Å². The van der Waals surface area contributed by atoms with Crippen LogP contribution < -0.4 is 0 Å². The molecule has 0 N–H and O–H groups in total. The second kappa shape index (κ2) is 4.69. The lowest BCUT2D eigenvalue weighted by atomic mass is 9.97. The van der Waals surface area contributed by atoms with Gasteiger partial charge in [-0.1, -0.05) is 0 Å². The highest BCUT2D eigenvalue weighted by Gasteiger charge is 2.33. The summed E-state index contributed by atoms with van der Waals surface area (Å²) in [7, 11) is 0. The summed E-state index contributed by atoms with van der Waals surface area (Å²) in [5.41, 5.74) is -0.574. The highest BCUT2D eigenvalue weighted by atomic mass is 19.1. The molecule has 1 heterocycles. The Balaban J connectivity index is 2.52. The van der Waals surface area contributed by atoms with E-state index in [0.717, 1.165) is 0 Å². The lowest BCUT2D eigenvalue weighted by Gasteiger charge is -2.33. The van der Waals surface area contributed by atoms with Crippen molar-refractivity contribution in [3.05, 3.63) is 0 Å². The predicted molar refractivity (Wildman–Crippen MR) is 56.4 cm³/mol. The summed E-state index contributed by atoms with van der Waals surface area (Å²) < 4.78 is 18.6. The molecular formula is C11H17FN2O2. The van der Waals surface area contributed by atoms with Crippen LogP contribution in [-0.2, 0) is 4.74 Å². The zero-order chi connectivity index (χ0) is 12.3. The number of hydrogen-bond acceptors (Lipinski definition) is 3. The van der Waals surface area contributed by atoms with Crippen LogP contribution in [0.4, 0.5) is 9.18 Å². The molecule has 0 aromatic heterocycles. The highest BCUT2D eigenvalue weighted by Crippen LogP contribution is 2.21. The maximum absolute atomic E-state index is 13.4. The Bertz CT molecular complexity index is 306. The van der Waals surface area contributed by atoms with E-state index in [1.54, 1.807) is 20.8 Å². The molecule has 2 unspecified atom stereocenters. The van der Waals surface area contributed by atoms with Crippen LogP contribution in [0.25, 0.3) is 0 Å². The van der Waals surface area contributed by atoms with Gasteiger partial charge in [-0.15, -0.1) is 0 Å². The second-order valence-electron chi connectivity index (χ2n) is 4.97. The van der Waals surface area contributed by atoms with E-state index in [0.29, 0.717) is 13.0 Å². The molecular weight excluding hydrogens is 211 g/mol. The summed E-state index contributed by atoms with van der Waals surface area (Å²) in [6, 6.07) is 1.91. The van der Waals surface area contributed by atoms with Gasteiger partial charge in [-0.3, -0.25) is 0 Å². The monoisotopic (exact) mass is 228 g/mol. The van der Waals surface area contributed by atoms with E-state index in [4.69, 9.17) is 10.00 Å². The summed E-state index contributed by atoms with van der Waals surface area (Å²) in [4.78, 5) is 12.9. The van der Waals surface area contributed by atoms with E-state index in [1.807, 2.05) is 6.07 Å². The smallest absolute Gasteiger partial charge is 0.410 e. The van der Waals surface area contributed by atoms with Crippen LogP contribution >= 0.6 is 0 Å². The molecule has 0 bridgehead atoms. The van der Waals surface area contributed by atoms with E-state index < -0.39 is 23.8 Å². The van der Waals surface area contributed by atoms with Gasteiger partial charge in [0.05, 0.1) is 18.5 Å². The molecule has 1 amide bonds. The molecule has 1 saturated heterocycles. The summed E-state index contributed by atoms with van der Waals surface area (Å²) in [6.07, 6.45) is -1.41. The van der Waals surface area contributed by atoms with Gasteiger partial charge in [0.25, 0.3) is 0 Å². The third-order valence-corrected chi connectivity index (χ3v) is 2.36. The van der Waals surface area contributed by atoms with Crippen LogP contribution in [0.5, 0.6) is 0 Å². The molecule has 4 nitrogen and oxygen atoms in total. The van der Waals surface area contributed by atoms with E-state index in [1.165, 1.54) is 4.90 Å². The fourth-order valence-electron chi connectivity index (χ4n) is 1.54. The van der Waals surface area contributed by atoms with Crippen molar-refractivity contribution < 1.29 is 13.9 Å². The van der Waals surface area contributed by atoms with Crippen LogP contribution in [0.3, 0.4) is 0 Å². The number of amides is 1. The number of nitriles is 1. The quantitative estimate of drug-likeness (QED) is 0.638. The lowest BCUT2D eigenvalue weighted by molar-refractivity contribution is 0.00962. The van der Waals surface area contributed by atoms with E-state index >= 15 is 0 Å². The van der Waals surface area contributed by atoms with Gasteiger partial charge in [0.1, 0.15) is 11.8 Å². The zero-order valence-corrected chi connectivity index (χ0v) is 9.86. The molecule has 1 rings (SSSR count). The third-order valence-electron chi connectivity index (χ3n) is 2.36. The average molecular weight is 228 g/mol. The summed E-state index contributed by atoms with van der Waals surface area (Å²) >= 11 is 0. The number of halogens is 1. The molecule has 0 saturated carbocycles. The van der Waals surface area contributed by atoms with E-state index in [2.05, 4.69) is 0 Å². The number of alkyl halides is 1. The predicted octanol–water partition coefficient (Wildman–Crippen LogP) is 2.11. The number of likely N-dealkylation sites (tertiary alicyclic amines) is 1. The minimum Gasteiger partial charge on any atom is -0.444 e. The fraction of sp³-hybridized carbons (Fsp3) is 0.818. The van der Waals surface area contributed by atoms with Crippen LogP contribution in [0.1, 0.15) is 27.2 Å². The van der Waals surface area contributed by atoms with Crippen LogP contribution in [0, 0.1) is 17.2 Å². The Labute approximate surface area is 95.0 Å². The minimum absolute atomic E-state index is 0.0485. The Morgan fingerprint density at radius 3 is 2.62 bits per heavy atom. The molecule has 0 radical (unpaired) electrons. The van der Waals surface area contributed by atoms with Crippen molar-refractivity contribution in [3.63, 3.8) is 0 Å². The van der Waals surface area contributed by atoms with E-state index in [9.17, 15) is 9.18 Å². The number of nitrogens with zero attached hydrogens (tertiary/aromatic N) is 2. The van der Waals surface area contributed by atoms with Crippen molar-refractivity contribution in [2.45, 2.75) is 39.0 Å². The summed E-state index contributed by atoms with van der Waals surface area (Å²) in [5.74, 6) is -0.598. The number of rotatable bonds is 0. The van der Waals surface area contributed by atoms with E-state index in [-0.39, 0.29) is 6.54 Å². The van der Waals surface area contributed by atoms with Gasteiger partial charge < -0.3 is 9.64 Å². The Kier molecular flexibility index (Phi) is 3.74. The normalized spacial score (nSPS) is 26.1. The fourth-order valence-corrected chi connectivity index (χ4v) is 1.54. The second-order valence-corrected chi connectivity index (χ2v) is 4.97. The molecule has 1 aliphatic heterocycles. The van der Waals surface area contributed by atoms with Gasteiger partial charge in [0.2, 0.25) is 0 Å². The minimum atomic E-state index is -1.27. The summed E-state index contributed by atoms with van der Waals surface area (Å²) in [5, 5.41) is 8.65. The van der Waals surface area contributed by atoms with Crippen molar-refractivity contribution in [3.8, 4) is 6.07 Å². The SMILES string of the molecule is CC(C)(C)OC(=O)N1CCC(C#N)C(F)C1. The third kappa shape index (κ3) is 3.37. The Morgan fingerprint density at radius 1 is 1.56 bits per heavy atom. The lowest BCUT2D eigenvalue weighted by Crippen LogP contribution is -2.46. The molecule has 2 atom stereocenters. The number of piperidine rings is 1. The first-order valence-corrected chi connectivity index (χ1v) is 5.35. The van der Waals surface area contributed by atoms with Crippen LogP contribution in [0.2, 0.25) is 0 Å². The van der Waals surface area contributed by atoms with Crippen molar-refractivity contribution in [1.29, 1.82) is 5.26 Å². The van der Waals surface area contributed by atoms with Crippen LogP contribution in [-0.4, -0.2) is 35.9 Å². The zero-order valence-electron chi connectivity index (χ0n) is 9.86. The first kappa shape index (κ1) is 12.8. The maximum Gasteiger partial charge on any atom is 0.410 e. The number of carbonyl (C=O) groups excluding carboxylic acids is 1. The molecule has 5 heteroatoms. The maximum atomic E-state index is 13.4. The molecule has 0 aliphatic carbocycles. The first-order valence-electron chi connectivity index (χ1n) is 5.35. The molecule has 16 heavy (non-hydrogen) atoms. The molecule has 1 fully saturated rings. The summed E-state index contributed by atoms with van der Waals surface area (Å²) in [6.45, 7) is 5.63. The van der Waals surface area contributed by atoms with Crippen molar-refractivity contribution >= 4 is 6.09 Å². The van der Waals surface area contributed by atoms with Gasteiger partial charge in [-0.05, 0) is 27.2 Å². The first-order chi connectivity index (χ1) is 7.33.